The maximum atomic E-state index is 12.0. The summed E-state index contributed by atoms with van der Waals surface area (Å²) < 4.78 is 0. The lowest BCUT2D eigenvalue weighted by molar-refractivity contribution is -0.144. The SMILES string of the molecule is CC(C)[C@H](NC(=O)C1CCCN(C)C1)C(=O)O. The number of rotatable bonds is 4. The lowest BCUT2D eigenvalue weighted by Gasteiger charge is -2.30. The molecular weight excluding hydrogens is 220 g/mol. The van der Waals surface area contributed by atoms with Gasteiger partial charge >= 0.3 is 5.97 Å². The lowest BCUT2D eigenvalue weighted by Crippen LogP contribution is -2.49. The van der Waals surface area contributed by atoms with Gasteiger partial charge in [-0.25, -0.2) is 4.79 Å². The number of carboxylic acid groups (broad SMARTS) is 1. The van der Waals surface area contributed by atoms with Crippen LogP contribution in [0.15, 0.2) is 0 Å². The first-order valence-electron chi connectivity index (χ1n) is 6.13. The molecule has 2 atom stereocenters. The molecule has 0 aromatic heterocycles. The molecule has 0 aliphatic carbocycles. The van der Waals surface area contributed by atoms with Crippen LogP contribution >= 0.6 is 0 Å². The molecule has 1 amide bonds. The van der Waals surface area contributed by atoms with Gasteiger partial charge in [0.25, 0.3) is 0 Å². The van der Waals surface area contributed by atoms with Crippen molar-refractivity contribution in [2.75, 3.05) is 20.1 Å². The minimum atomic E-state index is -0.961. The minimum absolute atomic E-state index is 0.0747. The van der Waals surface area contributed by atoms with Gasteiger partial charge in [-0.3, -0.25) is 4.79 Å². The van der Waals surface area contributed by atoms with E-state index in [1.165, 1.54) is 0 Å². The van der Waals surface area contributed by atoms with Crippen molar-refractivity contribution in [3.8, 4) is 0 Å². The van der Waals surface area contributed by atoms with Gasteiger partial charge in [0.15, 0.2) is 0 Å². The molecular formula is C12H22N2O3. The first-order valence-corrected chi connectivity index (χ1v) is 6.13. The van der Waals surface area contributed by atoms with Crippen molar-refractivity contribution in [3.63, 3.8) is 0 Å². The average molecular weight is 242 g/mol. The highest BCUT2D eigenvalue weighted by atomic mass is 16.4. The van der Waals surface area contributed by atoms with Gasteiger partial charge in [-0.15, -0.1) is 0 Å². The lowest BCUT2D eigenvalue weighted by atomic mass is 9.96. The molecule has 1 aliphatic heterocycles. The van der Waals surface area contributed by atoms with E-state index in [1.807, 2.05) is 7.05 Å². The normalized spacial score (nSPS) is 23.4. The molecule has 0 saturated carbocycles. The summed E-state index contributed by atoms with van der Waals surface area (Å²) in [5, 5.41) is 11.7. The number of nitrogens with one attached hydrogen (secondary N) is 1. The van der Waals surface area contributed by atoms with Gasteiger partial charge in [-0.05, 0) is 32.4 Å². The van der Waals surface area contributed by atoms with Crippen molar-refractivity contribution in [1.82, 2.24) is 10.2 Å². The molecule has 5 nitrogen and oxygen atoms in total. The molecule has 0 aromatic rings. The number of carbonyl (C=O) groups excluding carboxylic acids is 1. The summed E-state index contributed by atoms with van der Waals surface area (Å²) in [5.74, 6) is -1.26. The van der Waals surface area contributed by atoms with Gasteiger partial charge in [0.1, 0.15) is 6.04 Å². The third kappa shape index (κ3) is 4.00. The van der Waals surface area contributed by atoms with Crippen molar-refractivity contribution >= 4 is 11.9 Å². The number of aliphatic carboxylic acids is 1. The number of piperidine rings is 1. The molecule has 5 heteroatoms. The van der Waals surface area contributed by atoms with Crippen LogP contribution in [-0.2, 0) is 9.59 Å². The Kier molecular flexibility index (Phi) is 4.93. The highest BCUT2D eigenvalue weighted by molar-refractivity contribution is 5.85. The zero-order valence-electron chi connectivity index (χ0n) is 10.8. The molecule has 1 aliphatic rings. The summed E-state index contributed by atoms with van der Waals surface area (Å²) in [6, 6.07) is -0.783. The largest absolute Gasteiger partial charge is 0.480 e. The molecule has 0 aromatic carbocycles. The first kappa shape index (κ1) is 14.0. The first-order chi connectivity index (χ1) is 7.91. The highest BCUT2D eigenvalue weighted by Crippen LogP contribution is 2.16. The van der Waals surface area contributed by atoms with Crippen LogP contribution in [0.25, 0.3) is 0 Å². The van der Waals surface area contributed by atoms with E-state index in [2.05, 4.69) is 10.2 Å². The van der Waals surface area contributed by atoms with Crippen LogP contribution in [0.4, 0.5) is 0 Å². The van der Waals surface area contributed by atoms with E-state index >= 15 is 0 Å². The van der Waals surface area contributed by atoms with E-state index in [0.29, 0.717) is 0 Å². The van der Waals surface area contributed by atoms with Crippen LogP contribution in [0.1, 0.15) is 26.7 Å². The molecule has 98 valence electrons. The summed E-state index contributed by atoms with van der Waals surface area (Å²) in [6.45, 7) is 5.32. The van der Waals surface area contributed by atoms with Gasteiger partial charge in [-0.2, -0.15) is 0 Å². The molecule has 1 heterocycles. The number of hydrogen-bond acceptors (Lipinski definition) is 3. The second-order valence-corrected chi connectivity index (χ2v) is 5.17. The Morgan fingerprint density at radius 1 is 1.41 bits per heavy atom. The minimum Gasteiger partial charge on any atom is -0.480 e. The summed E-state index contributed by atoms with van der Waals surface area (Å²) in [7, 11) is 1.98. The second kappa shape index (κ2) is 6.00. The molecule has 1 saturated heterocycles. The average Bonchev–Trinajstić information content (AvgIpc) is 2.24. The third-order valence-electron chi connectivity index (χ3n) is 3.23. The van der Waals surface area contributed by atoms with Gasteiger partial charge in [-0.1, -0.05) is 13.8 Å². The maximum Gasteiger partial charge on any atom is 0.326 e. The zero-order valence-corrected chi connectivity index (χ0v) is 10.8. The van der Waals surface area contributed by atoms with Gasteiger partial charge in [0.2, 0.25) is 5.91 Å². The molecule has 0 spiro atoms. The van der Waals surface area contributed by atoms with Crippen molar-refractivity contribution < 1.29 is 14.7 Å². The van der Waals surface area contributed by atoms with Crippen LogP contribution in [0, 0.1) is 11.8 Å². The second-order valence-electron chi connectivity index (χ2n) is 5.17. The third-order valence-corrected chi connectivity index (χ3v) is 3.23. The predicted molar refractivity (Wildman–Crippen MR) is 64.6 cm³/mol. The summed E-state index contributed by atoms with van der Waals surface area (Å²) in [6.07, 6.45) is 1.84. The zero-order chi connectivity index (χ0) is 13.0. The number of nitrogens with zero attached hydrogens (tertiary/aromatic N) is 1. The van der Waals surface area contributed by atoms with Crippen LogP contribution < -0.4 is 5.32 Å². The fourth-order valence-corrected chi connectivity index (χ4v) is 2.17. The number of amides is 1. The van der Waals surface area contributed by atoms with Crippen LogP contribution in [0.3, 0.4) is 0 Å². The van der Waals surface area contributed by atoms with Crippen molar-refractivity contribution in [2.24, 2.45) is 11.8 Å². The molecule has 0 bridgehead atoms. The number of carbonyl (C=O) groups is 2. The van der Waals surface area contributed by atoms with E-state index in [1.54, 1.807) is 13.8 Å². The van der Waals surface area contributed by atoms with Crippen LogP contribution in [0.2, 0.25) is 0 Å². The molecule has 1 rings (SSSR count). The predicted octanol–water partition coefficient (Wildman–Crippen LogP) is 0.554. The van der Waals surface area contributed by atoms with E-state index in [9.17, 15) is 9.59 Å². The Morgan fingerprint density at radius 3 is 2.53 bits per heavy atom. The van der Waals surface area contributed by atoms with Crippen molar-refractivity contribution in [3.05, 3.63) is 0 Å². The van der Waals surface area contributed by atoms with Crippen molar-refractivity contribution in [1.29, 1.82) is 0 Å². The Hall–Kier alpha value is -1.10. The number of hydrogen-bond donors (Lipinski definition) is 2. The van der Waals surface area contributed by atoms with E-state index < -0.39 is 12.0 Å². The van der Waals surface area contributed by atoms with Crippen molar-refractivity contribution in [2.45, 2.75) is 32.7 Å². The maximum absolute atomic E-state index is 12.0. The van der Waals surface area contributed by atoms with Crippen LogP contribution in [-0.4, -0.2) is 48.1 Å². The fraction of sp³-hybridized carbons (Fsp3) is 0.833. The monoisotopic (exact) mass is 242 g/mol. The van der Waals surface area contributed by atoms with E-state index in [0.717, 1.165) is 25.9 Å². The summed E-state index contributed by atoms with van der Waals surface area (Å²) in [5.41, 5.74) is 0. The van der Waals surface area contributed by atoms with Gasteiger partial charge in [0.05, 0.1) is 5.92 Å². The summed E-state index contributed by atoms with van der Waals surface area (Å²) >= 11 is 0. The topological polar surface area (TPSA) is 69.6 Å². The number of carboxylic acids is 1. The fourth-order valence-electron chi connectivity index (χ4n) is 2.17. The molecule has 17 heavy (non-hydrogen) atoms. The smallest absolute Gasteiger partial charge is 0.326 e. The number of likely N-dealkylation sites (tertiary alicyclic amines) is 1. The Labute approximate surface area is 102 Å². The highest BCUT2D eigenvalue weighted by Gasteiger charge is 2.29. The standard InChI is InChI=1S/C12H22N2O3/c1-8(2)10(12(16)17)13-11(15)9-5-4-6-14(3)7-9/h8-10H,4-7H2,1-3H3,(H,13,15)(H,16,17)/t9?,10-/m0/s1. The van der Waals surface area contributed by atoms with Gasteiger partial charge < -0.3 is 15.3 Å². The Balaban J connectivity index is 2.54. The molecule has 1 fully saturated rings. The molecule has 0 radical (unpaired) electrons. The Morgan fingerprint density at radius 2 is 2.06 bits per heavy atom. The summed E-state index contributed by atoms with van der Waals surface area (Å²) in [4.78, 5) is 25.1. The van der Waals surface area contributed by atoms with E-state index in [4.69, 9.17) is 5.11 Å². The Bertz CT molecular complexity index is 291. The van der Waals surface area contributed by atoms with E-state index in [-0.39, 0.29) is 17.7 Å². The molecule has 2 N–H and O–H groups in total. The molecule has 1 unspecified atom stereocenters. The van der Waals surface area contributed by atoms with Gasteiger partial charge in [0, 0.05) is 6.54 Å². The quantitative estimate of drug-likeness (QED) is 0.755. The van der Waals surface area contributed by atoms with Crippen LogP contribution in [0.5, 0.6) is 0 Å².